The van der Waals surface area contributed by atoms with Crippen molar-refractivity contribution in [3.05, 3.63) is 18.0 Å². The van der Waals surface area contributed by atoms with Gasteiger partial charge in [0.1, 0.15) is 5.69 Å². The van der Waals surface area contributed by atoms with Crippen LogP contribution in [0.15, 0.2) is 12.3 Å². The van der Waals surface area contributed by atoms with E-state index in [0.29, 0.717) is 5.69 Å². The van der Waals surface area contributed by atoms with E-state index in [2.05, 4.69) is 10.4 Å². The zero-order valence-electron chi connectivity index (χ0n) is 11.2. The van der Waals surface area contributed by atoms with Gasteiger partial charge in [-0.2, -0.15) is 5.10 Å². The zero-order valence-corrected chi connectivity index (χ0v) is 11.2. The summed E-state index contributed by atoms with van der Waals surface area (Å²) in [6.07, 6.45) is 4.12. The van der Waals surface area contributed by atoms with Gasteiger partial charge in [0, 0.05) is 12.2 Å². The second-order valence-electron chi connectivity index (χ2n) is 5.43. The van der Waals surface area contributed by atoms with Gasteiger partial charge in [0.05, 0.1) is 12.0 Å². The Morgan fingerprint density at radius 2 is 2.21 bits per heavy atom. The van der Waals surface area contributed by atoms with E-state index in [1.54, 1.807) is 16.9 Å². The number of rotatable bonds is 5. The van der Waals surface area contributed by atoms with Gasteiger partial charge in [0.15, 0.2) is 0 Å². The number of aromatic nitrogens is 2. The molecule has 0 bridgehead atoms. The molecular weight excluding hydrogens is 246 g/mol. The zero-order chi connectivity index (χ0) is 14.0. The molecule has 0 spiro atoms. The van der Waals surface area contributed by atoms with Gasteiger partial charge in [-0.15, -0.1) is 0 Å². The first kappa shape index (κ1) is 13.6. The maximum absolute atomic E-state index is 12.1. The molecule has 0 aliphatic heterocycles. The van der Waals surface area contributed by atoms with E-state index in [1.807, 2.05) is 13.8 Å². The van der Waals surface area contributed by atoms with Gasteiger partial charge in [0.25, 0.3) is 5.91 Å². The van der Waals surface area contributed by atoms with Crippen LogP contribution in [0.25, 0.3) is 0 Å². The second-order valence-corrected chi connectivity index (χ2v) is 5.43. The first-order chi connectivity index (χ1) is 8.92. The number of carboxylic acids is 1. The number of nitrogens with one attached hydrogen (secondary N) is 1. The highest BCUT2D eigenvalue weighted by Crippen LogP contribution is 2.35. The van der Waals surface area contributed by atoms with Crippen molar-refractivity contribution in [3.8, 4) is 0 Å². The lowest BCUT2D eigenvalue weighted by Crippen LogP contribution is -2.54. The van der Waals surface area contributed by atoms with Gasteiger partial charge in [-0.05, 0) is 39.2 Å². The lowest BCUT2D eigenvalue weighted by atomic mass is 9.74. The summed E-state index contributed by atoms with van der Waals surface area (Å²) in [5.74, 6) is -1.17. The third-order valence-corrected chi connectivity index (χ3v) is 3.55. The van der Waals surface area contributed by atoms with Crippen molar-refractivity contribution in [2.24, 2.45) is 0 Å². The molecule has 2 N–H and O–H groups in total. The normalized spacial score (nSPS) is 17.0. The van der Waals surface area contributed by atoms with Crippen molar-refractivity contribution >= 4 is 11.9 Å². The molecule has 19 heavy (non-hydrogen) atoms. The summed E-state index contributed by atoms with van der Waals surface area (Å²) in [4.78, 5) is 22.9. The Bertz CT molecular complexity index is 489. The fourth-order valence-corrected chi connectivity index (χ4v) is 2.29. The predicted molar refractivity (Wildman–Crippen MR) is 68.9 cm³/mol. The molecule has 1 saturated carbocycles. The van der Waals surface area contributed by atoms with Crippen LogP contribution < -0.4 is 5.32 Å². The largest absolute Gasteiger partial charge is 0.481 e. The number of aliphatic carboxylic acids is 1. The van der Waals surface area contributed by atoms with Crippen LogP contribution >= 0.6 is 0 Å². The molecule has 104 valence electrons. The number of amides is 1. The van der Waals surface area contributed by atoms with Gasteiger partial charge in [0.2, 0.25) is 0 Å². The minimum atomic E-state index is -0.882. The van der Waals surface area contributed by atoms with Crippen LogP contribution in [0.1, 0.15) is 56.1 Å². The molecule has 1 aliphatic rings. The smallest absolute Gasteiger partial charge is 0.305 e. The van der Waals surface area contributed by atoms with E-state index in [0.717, 1.165) is 19.3 Å². The molecular formula is C13H19N3O3. The molecule has 1 aliphatic carbocycles. The Labute approximate surface area is 111 Å². The number of carbonyl (C=O) groups is 2. The van der Waals surface area contributed by atoms with Gasteiger partial charge in [-0.3, -0.25) is 14.3 Å². The summed E-state index contributed by atoms with van der Waals surface area (Å²) in [5.41, 5.74) is -0.241. The van der Waals surface area contributed by atoms with Crippen molar-refractivity contribution in [1.29, 1.82) is 0 Å². The van der Waals surface area contributed by atoms with Crippen LogP contribution in [0, 0.1) is 0 Å². The van der Waals surface area contributed by atoms with Gasteiger partial charge in [-0.25, -0.2) is 0 Å². The number of carbonyl (C=O) groups excluding carboxylic acids is 1. The van der Waals surface area contributed by atoms with Crippen LogP contribution in [0.3, 0.4) is 0 Å². The molecule has 2 rings (SSSR count). The quantitative estimate of drug-likeness (QED) is 0.846. The van der Waals surface area contributed by atoms with Crippen molar-refractivity contribution < 1.29 is 14.7 Å². The number of hydrogen-bond donors (Lipinski definition) is 2. The molecule has 1 fully saturated rings. The molecule has 1 amide bonds. The molecule has 6 nitrogen and oxygen atoms in total. The monoisotopic (exact) mass is 265 g/mol. The minimum Gasteiger partial charge on any atom is -0.481 e. The molecule has 0 saturated heterocycles. The van der Waals surface area contributed by atoms with E-state index in [4.69, 9.17) is 5.11 Å². The number of nitrogens with zero attached hydrogens (tertiary/aromatic N) is 2. The molecule has 1 aromatic heterocycles. The molecule has 0 atom stereocenters. The molecule has 6 heteroatoms. The number of hydrogen-bond acceptors (Lipinski definition) is 3. The lowest BCUT2D eigenvalue weighted by molar-refractivity contribution is -0.139. The standard InChI is InChI=1S/C13H19N3O3/c1-9(2)16-7-4-10(15-16)12(19)14-13(5-3-6-13)8-11(17)18/h4,7,9H,3,5-6,8H2,1-2H3,(H,14,19)(H,17,18). The average molecular weight is 265 g/mol. The Hall–Kier alpha value is -1.85. The third-order valence-electron chi connectivity index (χ3n) is 3.55. The van der Waals surface area contributed by atoms with E-state index in [9.17, 15) is 9.59 Å². The maximum Gasteiger partial charge on any atom is 0.305 e. The SMILES string of the molecule is CC(C)n1ccc(C(=O)NC2(CC(=O)O)CCC2)n1. The summed E-state index contributed by atoms with van der Waals surface area (Å²) in [5, 5.41) is 15.9. The van der Waals surface area contributed by atoms with Crippen molar-refractivity contribution in [3.63, 3.8) is 0 Å². The lowest BCUT2D eigenvalue weighted by Gasteiger charge is -2.41. The van der Waals surface area contributed by atoms with Gasteiger partial charge < -0.3 is 10.4 Å². The van der Waals surface area contributed by atoms with Gasteiger partial charge >= 0.3 is 5.97 Å². The van der Waals surface area contributed by atoms with E-state index < -0.39 is 11.5 Å². The average Bonchev–Trinajstić information content (AvgIpc) is 2.74. The summed E-state index contributed by atoms with van der Waals surface area (Å²) >= 11 is 0. The first-order valence-electron chi connectivity index (χ1n) is 6.51. The van der Waals surface area contributed by atoms with Crippen LogP contribution in [0.2, 0.25) is 0 Å². The highest BCUT2D eigenvalue weighted by atomic mass is 16.4. The Balaban J connectivity index is 2.05. The van der Waals surface area contributed by atoms with E-state index in [1.165, 1.54) is 0 Å². The fraction of sp³-hybridized carbons (Fsp3) is 0.615. The van der Waals surface area contributed by atoms with E-state index in [-0.39, 0.29) is 18.4 Å². The van der Waals surface area contributed by atoms with Crippen molar-refractivity contribution in [1.82, 2.24) is 15.1 Å². The summed E-state index contributed by atoms with van der Waals surface area (Å²) < 4.78 is 1.71. The second kappa shape index (κ2) is 5.03. The molecule has 1 heterocycles. The predicted octanol–water partition coefficient (Wildman–Crippen LogP) is 1.59. The molecule has 0 unspecified atom stereocenters. The topological polar surface area (TPSA) is 84.2 Å². The first-order valence-corrected chi connectivity index (χ1v) is 6.51. The highest BCUT2D eigenvalue weighted by Gasteiger charge is 2.40. The Morgan fingerprint density at radius 3 is 2.63 bits per heavy atom. The fourth-order valence-electron chi connectivity index (χ4n) is 2.29. The molecule has 1 aromatic rings. The number of carboxylic acid groups (broad SMARTS) is 1. The Kier molecular flexibility index (Phi) is 3.59. The van der Waals surface area contributed by atoms with Crippen LogP contribution in [0.5, 0.6) is 0 Å². The molecule has 0 aromatic carbocycles. The highest BCUT2D eigenvalue weighted by molar-refractivity contribution is 5.93. The van der Waals surface area contributed by atoms with Crippen LogP contribution in [-0.2, 0) is 4.79 Å². The Morgan fingerprint density at radius 1 is 1.53 bits per heavy atom. The third kappa shape index (κ3) is 2.94. The van der Waals surface area contributed by atoms with E-state index >= 15 is 0 Å². The van der Waals surface area contributed by atoms with Gasteiger partial charge in [-0.1, -0.05) is 0 Å². The summed E-state index contributed by atoms with van der Waals surface area (Å²) in [6, 6.07) is 1.85. The summed E-state index contributed by atoms with van der Waals surface area (Å²) in [6.45, 7) is 3.96. The van der Waals surface area contributed by atoms with Crippen LogP contribution in [-0.4, -0.2) is 32.3 Å². The maximum atomic E-state index is 12.1. The van der Waals surface area contributed by atoms with Crippen LogP contribution in [0.4, 0.5) is 0 Å². The minimum absolute atomic E-state index is 0.0242. The van der Waals surface area contributed by atoms with Crippen molar-refractivity contribution in [2.45, 2.75) is 51.1 Å². The molecule has 0 radical (unpaired) electrons. The van der Waals surface area contributed by atoms with Crippen molar-refractivity contribution in [2.75, 3.05) is 0 Å². The summed E-state index contributed by atoms with van der Waals surface area (Å²) in [7, 11) is 0.